The SMILES string of the molecule is CCC(CSC)NC(=O)[C@H](C)N. The van der Waals surface area contributed by atoms with Crippen LogP contribution in [-0.2, 0) is 4.79 Å². The predicted octanol–water partition coefficient (Wildman–Crippen LogP) is 0.591. The Hall–Kier alpha value is -0.220. The molecule has 12 heavy (non-hydrogen) atoms. The maximum atomic E-state index is 11.1. The molecule has 0 bridgehead atoms. The van der Waals surface area contributed by atoms with Crippen molar-refractivity contribution in [3.63, 3.8) is 0 Å². The maximum absolute atomic E-state index is 11.1. The van der Waals surface area contributed by atoms with Crippen LogP contribution in [-0.4, -0.2) is 30.0 Å². The molecule has 0 aliphatic carbocycles. The van der Waals surface area contributed by atoms with Gasteiger partial charge in [-0.05, 0) is 19.6 Å². The molecule has 0 saturated heterocycles. The summed E-state index contributed by atoms with van der Waals surface area (Å²) in [6.45, 7) is 3.75. The third kappa shape index (κ3) is 4.62. The minimum absolute atomic E-state index is 0.0594. The van der Waals surface area contributed by atoms with Gasteiger partial charge >= 0.3 is 0 Å². The van der Waals surface area contributed by atoms with Crippen LogP contribution in [0.25, 0.3) is 0 Å². The predicted molar refractivity (Wildman–Crippen MR) is 54.3 cm³/mol. The van der Waals surface area contributed by atoms with E-state index in [2.05, 4.69) is 12.2 Å². The number of hydrogen-bond donors (Lipinski definition) is 2. The summed E-state index contributed by atoms with van der Waals surface area (Å²) in [5.41, 5.74) is 5.42. The molecule has 2 atom stereocenters. The van der Waals surface area contributed by atoms with Crippen LogP contribution in [0.4, 0.5) is 0 Å². The van der Waals surface area contributed by atoms with E-state index < -0.39 is 6.04 Å². The highest BCUT2D eigenvalue weighted by molar-refractivity contribution is 7.98. The minimum Gasteiger partial charge on any atom is -0.351 e. The molecule has 0 aliphatic rings. The fourth-order valence-corrected chi connectivity index (χ4v) is 1.52. The molecule has 3 N–H and O–H groups in total. The zero-order valence-corrected chi connectivity index (χ0v) is 8.78. The second-order valence-electron chi connectivity index (χ2n) is 2.86. The Labute approximate surface area is 78.5 Å². The van der Waals surface area contributed by atoms with Gasteiger partial charge in [0, 0.05) is 11.8 Å². The number of amides is 1. The van der Waals surface area contributed by atoms with E-state index in [1.807, 2.05) is 6.26 Å². The number of rotatable bonds is 5. The van der Waals surface area contributed by atoms with Crippen molar-refractivity contribution in [2.45, 2.75) is 32.4 Å². The largest absolute Gasteiger partial charge is 0.351 e. The molecule has 0 radical (unpaired) electrons. The molecule has 0 heterocycles. The van der Waals surface area contributed by atoms with E-state index in [4.69, 9.17) is 5.73 Å². The van der Waals surface area contributed by atoms with Crippen LogP contribution in [0.5, 0.6) is 0 Å². The molecule has 72 valence electrons. The molecular weight excluding hydrogens is 172 g/mol. The highest BCUT2D eigenvalue weighted by Crippen LogP contribution is 2.00. The van der Waals surface area contributed by atoms with Gasteiger partial charge < -0.3 is 11.1 Å². The van der Waals surface area contributed by atoms with Gasteiger partial charge in [0.15, 0.2) is 0 Å². The molecule has 0 aliphatic heterocycles. The van der Waals surface area contributed by atoms with E-state index in [0.717, 1.165) is 12.2 Å². The van der Waals surface area contributed by atoms with E-state index in [0.29, 0.717) is 0 Å². The van der Waals surface area contributed by atoms with Crippen molar-refractivity contribution in [3.05, 3.63) is 0 Å². The first kappa shape index (κ1) is 11.8. The zero-order valence-electron chi connectivity index (χ0n) is 7.96. The molecule has 1 unspecified atom stereocenters. The highest BCUT2D eigenvalue weighted by atomic mass is 32.2. The molecule has 0 aromatic heterocycles. The van der Waals surface area contributed by atoms with E-state index in [1.54, 1.807) is 18.7 Å². The summed E-state index contributed by atoms with van der Waals surface area (Å²) >= 11 is 1.73. The molecule has 0 fully saturated rings. The lowest BCUT2D eigenvalue weighted by Gasteiger charge is -2.16. The van der Waals surface area contributed by atoms with Crippen LogP contribution in [0.1, 0.15) is 20.3 Å². The molecule has 0 aromatic rings. The molecule has 0 rings (SSSR count). The first-order valence-corrected chi connectivity index (χ1v) is 5.56. The van der Waals surface area contributed by atoms with Gasteiger partial charge in [0.05, 0.1) is 6.04 Å². The normalized spacial score (nSPS) is 15.3. The van der Waals surface area contributed by atoms with Gasteiger partial charge in [0.25, 0.3) is 0 Å². The van der Waals surface area contributed by atoms with Gasteiger partial charge in [-0.25, -0.2) is 0 Å². The van der Waals surface area contributed by atoms with Crippen molar-refractivity contribution < 1.29 is 4.79 Å². The minimum atomic E-state index is -0.402. The second-order valence-corrected chi connectivity index (χ2v) is 3.77. The van der Waals surface area contributed by atoms with Gasteiger partial charge in [-0.2, -0.15) is 11.8 Å². The van der Waals surface area contributed by atoms with Crippen molar-refractivity contribution >= 4 is 17.7 Å². The van der Waals surface area contributed by atoms with Crippen LogP contribution >= 0.6 is 11.8 Å². The van der Waals surface area contributed by atoms with Crippen LogP contribution in [0.2, 0.25) is 0 Å². The highest BCUT2D eigenvalue weighted by Gasteiger charge is 2.12. The summed E-state index contributed by atoms with van der Waals surface area (Å²) in [6.07, 6.45) is 2.99. The Morgan fingerprint density at radius 1 is 1.67 bits per heavy atom. The molecule has 4 heteroatoms. The Bertz CT molecular complexity index is 139. The van der Waals surface area contributed by atoms with Gasteiger partial charge in [-0.15, -0.1) is 0 Å². The number of carbonyl (C=O) groups is 1. The number of hydrogen-bond acceptors (Lipinski definition) is 3. The fraction of sp³-hybridized carbons (Fsp3) is 0.875. The van der Waals surface area contributed by atoms with Gasteiger partial charge in [0.2, 0.25) is 5.91 Å². The third-order valence-electron chi connectivity index (χ3n) is 1.62. The summed E-state index contributed by atoms with van der Waals surface area (Å²) < 4.78 is 0. The van der Waals surface area contributed by atoms with Crippen molar-refractivity contribution in [2.75, 3.05) is 12.0 Å². The Kier molecular flexibility index (Phi) is 6.20. The topological polar surface area (TPSA) is 55.1 Å². The van der Waals surface area contributed by atoms with Gasteiger partial charge in [-0.3, -0.25) is 4.79 Å². The maximum Gasteiger partial charge on any atom is 0.236 e. The van der Waals surface area contributed by atoms with Gasteiger partial charge in [0.1, 0.15) is 0 Å². The summed E-state index contributed by atoms with van der Waals surface area (Å²) in [4.78, 5) is 11.1. The van der Waals surface area contributed by atoms with Crippen LogP contribution in [0.15, 0.2) is 0 Å². The van der Waals surface area contributed by atoms with E-state index in [1.165, 1.54) is 0 Å². The lowest BCUT2D eigenvalue weighted by atomic mass is 10.2. The molecule has 0 spiro atoms. The number of carbonyl (C=O) groups excluding carboxylic acids is 1. The summed E-state index contributed by atoms with van der Waals surface area (Å²) in [5, 5.41) is 2.88. The van der Waals surface area contributed by atoms with E-state index in [-0.39, 0.29) is 11.9 Å². The quantitative estimate of drug-likeness (QED) is 0.667. The molecule has 3 nitrogen and oxygen atoms in total. The Morgan fingerprint density at radius 3 is 2.58 bits per heavy atom. The van der Waals surface area contributed by atoms with E-state index >= 15 is 0 Å². The molecule has 1 amide bonds. The molecule has 0 aromatic carbocycles. The molecule has 0 saturated carbocycles. The second kappa shape index (κ2) is 6.31. The van der Waals surface area contributed by atoms with Crippen molar-refractivity contribution in [2.24, 2.45) is 5.73 Å². The number of thioether (sulfide) groups is 1. The first-order chi connectivity index (χ1) is 5.61. The third-order valence-corrected chi connectivity index (χ3v) is 2.36. The summed E-state index contributed by atoms with van der Waals surface area (Å²) in [7, 11) is 0. The lowest BCUT2D eigenvalue weighted by Crippen LogP contribution is -2.44. The van der Waals surface area contributed by atoms with Crippen LogP contribution < -0.4 is 11.1 Å². The molecular formula is C8H18N2OS. The summed E-state index contributed by atoms with van der Waals surface area (Å²) in [5.74, 6) is 0.894. The van der Waals surface area contributed by atoms with Gasteiger partial charge in [-0.1, -0.05) is 6.92 Å². The standard InChI is InChI=1S/C8H18N2OS/c1-4-7(5-12-3)10-8(11)6(2)9/h6-7H,4-5,9H2,1-3H3,(H,10,11)/t6-,7?/m0/s1. The monoisotopic (exact) mass is 190 g/mol. The Morgan fingerprint density at radius 2 is 2.25 bits per heavy atom. The smallest absolute Gasteiger partial charge is 0.236 e. The fourth-order valence-electron chi connectivity index (χ4n) is 0.795. The van der Waals surface area contributed by atoms with Crippen molar-refractivity contribution in [3.8, 4) is 0 Å². The lowest BCUT2D eigenvalue weighted by molar-refractivity contribution is -0.122. The first-order valence-electron chi connectivity index (χ1n) is 4.16. The van der Waals surface area contributed by atoms with Crippen LogP contribution in [0.3, 0.4) is 0 Å². The van der Waals surface area contributed by atoms with E-state index in [9.17, 15) is 4.79 Å². The number of nitrogens with one attached hydrogen (secondary N) is 1. The summed E-state index contributed by atoms with van der Waals surface area (Å²) in [6, 6.07) is -0.139. The average Bonchev–Trinajstić information content (AvgIpc) is 2.03. The van der Waals surface area contributed by atoms with Crippen molar-refractivity contribution in [1.29, 1.82) is 0 Å². The number of nitrogens with two attached hydrogens (primary N) is 1. The average molecular weight is 190 g/mol. The zero-order chi connectivity index (χ0) is 9.56. The van der Waals surface area contributed by atoms with Crippen LogP contribution in [0, 0.1) is 0 Å². The van der Waals surface area contributed by atoms with Crippen molar-refractivity contribution in [1.82, 2.24) is 5.32 Å². The Balaban J connectivity index is 3.77.